The second kappa shape index (κ2) is 17.2. The molecule has 0 aromatic rings. The molecule has 1 aliphatic rings. The second-order valence-corrected chi connectivity index (χ2v) is 8.14. The number of hydrogen-bond acceptors (Lipinski definition) is 8. The number of ketones is 1. The molecule has 1 heterocycles. The van der Waals surface area contributed by atoms with Crippen molar-refractivity contribution >= 4 is 23.6 Å². The van der Waals surface area contributed by atoms with Gasteiger partial charge in [0, 0.05) is 20.4 Å². The SMILES string of the molecule is CCCCCCCCCCCCNC(=O)COC1OC(COC(C)=O)C=C(OC(C)=O)C1=O. The average Bonchev–Trinajstić information content (AvgIpc) is 2.76. The first-order valence-corrected chi connectivity index (χ1v) is 11.9. The lowest BCUT2D eigenvalue weighted by Gasteiger charge is -2.27. The fourth-order valence-corrected chi connectivity index (χ4v) is 3.31. The lowest BCUT2D eigenvalue weighted by atomic mass is 10.1. The second-order valence-electron chi connectivity index (χ2n) is 8.14. The molecule has 1 amide bonds. The van der Waals surface area contributed by atoms with Crippen molar-refractivity contribution < 1.29 is 38.1 Å². The highest BCUT2D eigenvalue weighted by Crippen LogP contribution is 2.19. The van der Waals surface area contributed by atoms with Crippen LogP contribution < -0.4 is 5.32 Å². The molecule has 2 unspecified atom stereocenters. The van der Waals surface area contributed by atoms with E-state index >= 15 is 0 Å². The van der Waals surface area contributed by atoms with Gasteiger partial charge in [0.15, 0.2) is 5.76 Å². The predicted octanol–water partition coefficient (Wildman–Crippen LogP) is 3.34. The van der Waals surface area contributed by atoms with Gasteiger partial charge in [-0.1, -0.05) is 64.7 Å². The number of carbonyl (C=O) groups excluding carboxylic acids is 4. The number of rotatable bonds is 17. The molecule has 0 aromatic heterocycles. The number of amides is 1. The van der Waals surface area contributed by atoms with Crippen LogP contribution in [0.2, 0.25) is 0 Å². The average molecular weight is 470 g/mol. The third kappa shape index (κ3) is 13.8. The lowest BCUT2D eigenvalue weighted by molar-refractivity contribution is -0.191. The van der Waals surface area contributed by atoms with E-state index in [9.17, 15) is 19.2 Å². The zero-order valence-electron chi connectivity index (χ0n) is 20.2. The topological polar surface area (TPSA) is 117 Å². The minimum atomic E-state index is -1.44. The Bertz CT molecular complexity index is 661. The summed E-state index contributed by atoms with van der Waals surface area (Å²) in [5, 5.41) is 2.76. The molecule has 2 atom stereocenters. The van der Waals surface area contributed by atoms with Crippen LogP contribution in [0.5, 0.6) is 0 Å². The van der Waals surface area contributed by atoms with E-state index in [4.69, 9.17) is 18.9 Å². The molecule has 9 heteroatoms. The molecule has 0 radical (unpaired) electrons. The molecule has 0 aromatic carbocycles. The van der Waals surface area contributed by atoms with Crippen LogP contribution in [0, 0.1) is 0 Å². The molecule has 1 N–H and O–H groups in total. The molecule has 0 saturated heterocycles. The number of Topliss-reactive ketones (excluding diaryl/α,β-unsaturated/α-hetero) is 1. The zero-order valence-corrected chi connectivity index (χ0v) is 20.2. The molecule has 0 fully saturated rings. The smallest absolute Gasteiger partial charge is 0.308 e. The van der Waals surface area contributed by atoms with E-state index in [1.165, 1.54) is 57.9 Å². The lowest BCUT2D eigenvalue weighted by Crippen LogP contribution is -2.42. The van der Waals surface area contributed by atoms with Gasteiger partial charge in [0.25, 0.3) is 5.78 Å². The van der Waals surface area contributed by atoms with Gasteiger partial charge in [-0.05, 0) is 12.5 Å². The minimum absolute atomic E-state index is 0.182. The van der Waals surface area contributed by atoms with Crippen molar-refractivity contribution in [3.05, 3.63) is 11.8 Å². The Kier molecular flexibility index (Phi) is 15.0. The summed E-state index contributed by atoms with van der Waals surface area (Å²) >= 11 is 0. The van der Waals surface area contributed by atoms with E-state index in [0.29, 0.717) is 6.54 Å². The third-order valence-corrected chi connectivity index (χ3v) is 5.02. The summed E-state index contributed by atoms with van der Waals surface area (Å²) in [5.41, 5.74) is 0. The molecule has 0 saturated carbocycles. The molecule has 1 rings (SSSR count). The number of ether oxygens (including phenoxy) is 4. The maximum absolute atomic E-state index is 12.4. The fourth-order valence-electron chi connectivity index (χ4n) is 3.31. The van der Waals surface area contributed by atoms with Gasteiger partial charge in [0.1, 0.15) is 19.3 Å². The highest BCUT2D eigenvalue weighted by molar-refractivity contribution is 5.98. The Hall–Kier alpha value is -2.26. The van der Waals surface area contributed by atoms with Crippen molar-refractivity contribution in [1.29, 1.82) is 0 Å². The Morgan fingerprint density at radius 3 is 2.12 bits per heavy atom. The standard InChI is InChI=1S/C24H39NO8/c1-4-5-6-7-8-9-10-11-12-13-14-25-22(28)17-31-24-23(29)21(32-19(3)27)15-20(33-24)16-30-18(2)26/h15,20,24H,4-14,16-17H2,1-3H3,(H,25,28). The van der Waals surface area contributed by atoms with Gasteiger partial charge in [-0.3, -0.25) is 19.2 Å². The molecular formula is C24H39NO8. The quantitative estimate of drug-likeness (QED) is 0.255. The van der Waals surface area contributed by atoms with Crippen molar-refractivity contribution in [2.45, 2.75) is 97.4 Å². The van der Waals surface area contributed by atoms with Crippen LogP contribution in [0.3, 0.4) is 0 Å². The van der Waals surface area contributed by atoms with Crippen molar-refractivity contribution in [3.63, 3.8) is 0 Å². The number of hydrogen-bond donors (Lipinski definition) is 1. The van der Waals surface area contributed by atoms with Gasteiger partial charge in [-0.2, -0.15) is 0 Å². The molecule has 1 aliphatic heterocycles. The molecular weight excluding hydrogens is 430 g/mol. The number of nitrogens with one attached hydrogen (secondary N) is 1. The van der Waals surface area contributed by atoms with E-state index in [0.717, 1.165) is 26.2 Å². The van der Waals surface area contributed by atoms with Crippen LogP contribution in [0.25, 0.3) is 0 Å². The monoisotopic (exact) mass is 469 g/mol. The van der Waals surface area contributed by atoms with E-state index in [1.54, 1.807) is 0 Å². The molecule has 33 heavy (non-hydrogen) atoms. The van der Waals surface area contributed by atoms with Gasteiger partial charge >= 0.3 is 11.9 Å². The first-order valence-electron chi connectivity index (χ1n) is 11.9. The Morgan fingerprint density at radius 1 is 0.939 bits per heavy atom. The summed E-state index contributed by atoms with van der Waals surface area (Å²) in [6.45, 7) is 4.57. The Balaban J connectivity index is 2.26. The van der Waals surface area contributed by atoms with Crippen LogP contribution >= 0.6 is 0 Å². The molecule has 0 aliphatic carbocycles. The van der Waals surface area contributed by atoms with Gasteiger partial charge < -0.3 is 24.3 Å². The molecule has 188 valence electrons. The predicted molar refractivity (Wildman–Crippen MR) is 121 cm³/mol. The third-order valence-electron chi connectivity index (χ3n) is 5.02. The summed E-state index contributed by atoms with van der Waals surface area (Å²) in [5.74, 6) is -2.56. The molecule has 0 bridgehead atoms. The fraction of sp³-hybridized carbons (Fsp3) is 0.750. The summed E-state index contributed by atoms with van der Waals surface area (Å²) in [6.07, 6.45) is 11.1. The molecule has 0 spiro atoms. The van der Waals surface area contributed by atoms with E-state index < -0.39 is 30.1 Å². The van der Waals surface area contributed by atoms with E-state index in [-0.39, 0.29) is 24.9 Å². The maximum Gasteiger partial charge on any atom is 0.308 e. The van der Waals surface area contributed by atoms with Gasteiger partial charge in [0.05, 0.1) is 0 Å². The summed E-state index contributed by atoms with van der Waals surface area (Å²) < 4.78 is 20.5. The van der Waals surface area contributed by atoms with Crippen molar-refractivity contribution in [1.82, 2.24) is 5.32 Å². The number of esters is 2. The van der Waals surface area contributed by atoms with Crippen molar-refractivity contribution in [2.24, 2.45) is 0 Å². The van der Waals surface area contributed by atoms with E-state index in [1.807, 2.05) is 0 Å². The van der Waals surface area contributed by atoms with Crippen molar-refractivity contribution in [3.8, 4) is 0 Å². The van der Waals surface area contributed by atoms with Crippen LogP contribution in [-0.4, -0.2) is 55.8 Å². The summed E-state index contributed by atoms with van der Waals surface area (Å²) in [4.78, 5) is 46.7. The first kappa shape index (κ1) is 28.8. The van der Waals surface area contributed by atoms with Crippen LogP contribution in [-0.2, 0) is 38.1 Å². The Labute approximate surface area is 196 Å². The van der Waals surface area contributed by atoms with Gasteiger partial charge in [0.2, 0.25) is 12.2 Å². The van der Waals surface area contributed by atoms with Crippen LogP contribution in [0.1, 0.15) is 85.0 Å². The zero-order chi connectivity index (χ0) is 24.5. The Morgan fingerprint density at radius 2 is 1.55 bits per heavy atom. The van der Waals surface area contributed by atoms with Crippen molar-refractivity contribution in [2.75, 3.05) is 19.8 Å². The summed E-state index contributed by atoms with van der Waals surface area (Å²) in [6, 6.07) is 0. The number of unbranched alkanes of at least 4 members (excludes halogenated alkanes) is 9. The normalized spacial score (nSPS) is 17.9. The minimum Gasteiger partial charge on any atom is -0.463 e. The first-order chi connectivity index (χ1) is 15.8. The number of carbonyl (C=O) groups is 4. The van der Waals surface area contributed by atoms with Gasteiger partial charge in [-0.15, -0.1) is 0 Å². The highest BCUT2D eigenvalue weighted by atomic mass is 16.7. The van der Waals surface area contributed by atoms with E-state index in [2.05, 4.69) is 12.2 Å². The van der Waals surface area contributed by atoms with Crippen LogP contribution in [0.15, 0.2) is 11.8 Å². The molecule has 9 nitrogen and oxygen atoms in total. The highest BCUT2D eigenvalue weighted by Gasteiger charge is 2.35. The largest absolute Gasteiger partial charge is 0.463 e. The summed E-state index contributed by atoms with van der Waals surface area (Å²) in [7, 11) is 0. The maximum atomic E-state index is 12.4. The van der Waals surface area contributed by atoms with Crippen LogP contribution in [0.4, 0.5) is 0 Å². The van der Waals surface area contributed by atoms with Gasteiger partial charge in [-0.25, -0.2) is 0 Å².